The maximum Gasteiger partial charge on any atom is 0.417 e. The third-order valence-corrected chi connectivity index (χ3v) is 3.61. The molecule has 6 heteroatoms. The number of nitriles is 1. The van der Waals surface area contributed by atoms with Gasteiger partial charge in [0.25, 0.3) is 0 Å². The highest BCUT2D eigenvalue weighted by Gasteiger charge is 2.34. The lowest BCUT2D eigenvalue weighted by molar-refractivity contribution is -0.137. The van der Waals surface area contributed by atoms with Crippen LogP contribution in [0.3, 0.4) is 0 Å². The Bertz CT molecular complexity index is 517. The topological polar surface area (TPSA) is 45.0 Å². The Hall–Kier alpha value is -1.74. The van der Waals surface area contributed by atoms with Gasteiger partial charge in [-0.25, -0.2) is 0 Å². The number of rotatable bonds is 4. The highest BCUT2D eigenvalue weighted by molar-refractivity contribution is 5.44. The molecule has 1 aromatic rings. The van der Waals surface area contributed by atoms with Gasteiger partial charge in [-0.1, -0.05) is 0 Å². The van der Waals surface area contributed by atoms with Gasteiger partial charge in [0.15, 0.2) is 0 Å². The Morgan fingerprint density at radius 1 is 1.38 bits per heavy atom. The Morgan fingerprint density at radius 2 is 2.19 bits per heavy atom. The van der Waals surface area contributed by atoms with Crippen LogP contribution < -0.4 is 10.1 Å². The maximum absolute atomic E-state index is 12.8. The van der Waals surface area contributed by atoms with Gasteiger partial charge in [-0.05, 0) is 56.5 Å². The van der Waals surface area contributed by atoms with Crippen LogP contribution in [-0.4, -0.2) is 19.7 Å². The van der Waals surface area contributed by atoms with Crippen LogP contribution in [0.15, 0.2) is 18.2 Å². The highest BCUT2D eigenvalue weighted by atomic mass is 19.4. The second kappa shape index (κ2) is 6.81. The van der Waals surface area contributed by atoms with E-state index in [0.29, 0.717) is 12.5 Å². The van der Waals surface area contributed by atoms with E-state index < -0.39 is 11.7 Å². The molecule has 3 nitrogen and oxygen atoms in total. The van der Waals surface area contributed by atoms with E-state index in [4.69, 9.17) is 10.00 Å². The molecule has 1 aliphatic rings. The average molecular weight is 298 g/mol. The lowest BCUT2D eigenvalue weighted by atomic mass is 9.97. The minimum atomic E-state index is -4.54. The molecular formula is C15H17F3N2O. The Morgan fingerprint density at radius 3 is 2.81 bits per heavy atom. The average Bonchev–Trinajstić information content (AvgIpc) is 2.47. The zero-order valence-electron chi connectivity index (χ0n) is 11.5. The fraction of sp³-hybridized carbons (Fsp3) is 0.533. The number of nitrogens with one attached hydrogen (secondary N) is 1. The molecule has 0 amide bonds. The molecule has 1 N–H and O–H groups in total. The van der Waals surface area contributed by atoms with Crippen molar-refractivity contribution in [1.82, 2.24) is 5.32 Å². The van der Waals surface area contributed by atoms with Gasteiger partial charge in [0.1, 0.15) is 5.75 Å². The lowest BCUT2D eigenvalue weighted by Gasteiger charge is -2.22. The van der Waals surface area contributed by atoms with E-state index in [1.807, 2.05) is 0 Å². The molecule has 0 spiro atoms. The summed E-state index contributed by atoms with van der Waals surface area (Å²) in [5.41, 5.74) is -1.33. The molecule has 1 saturated heterocycles. The van der Waals surface area contributed by atoms with Crippen molar-refractivity contribution in [3.05, 3.63) is 29.3 Å². The SMILES string of the molecule is N#Cc1ccc(OCCC2CCCNC2)cc1C(F)(F)F. The standard InChI is InChI=1S/C15H17F3N2O/c16-15(17,18)14-8-13(4-3-12(14)9-19)21-7-5-11-2-1-6-20-10-11/h3-4,8,11,20H,1-2,5-7,10H2. The molecule has 114 valence electrons. The first-order valence-electron chi connectivity index (χ1n) is 6.95. The first kappa shape index (κ1) is 15.6. The number of ether oxygens (including phenoxy) is 1. The van der Waals surface area contributed by atoms with E-state index in [1.165, 1.54) is 6.07 Å². The molecule has 1 fully saturated rings. The minimum Gasteiger partial charge on any atom is -0.494 e. The molecular weight excluding hydrogens is 281 g/mol. The number of hydrogen-bond donors (Lipinski definition) is 1. The van der Waals surface area contributed by atoms with Crippen molar-refractivity contribution >= 4 is 0 Å². The predicted molar refractivity (Wildman–Crippen MR) is 71.9 cm³/mol. The molecule has 0 radical (unpaired) electrons. The van der Waals surface area contributed by atoms with Crippen molar-refractivity contribution in [3.63, 3.8) is 0 Å². The lowest BCUT2D eigenvalue weighted by Crippen LogP contribution is -2.30. The van der Waals surface area contributed by atoms with Crippen LogP contribution in [0.2, 0.25) is 0 Å². The van der Waals surface area contributed by atoms with Crippen molar-refractivity contribution in [3.8, 4) is 11.8 Å². The van der Waals surface area contributed by atoms with E-state index in [2.05, 4.69) is 5.32 Å². The van der Waals surface area contributed by atoms with Gasteiger partial charge in [-0.3, -0.25) is 0 Å². The normalized spacial score (nSPS) is 19.0. The van der Waals surface area contributed by atoms with Crippen LogP contribution in [-0.2, 0) is 6.18 Å². The van der Waals surface area contributed by atoms with E-state index in [-0.39, 0.29) is 11.3 Å². The smallest absolute Gasteiger partial charge is 0.417 e. The summed E-state index contributed by atoms with van der Waals surface area (Å²) in [5, 5.41) is 12.0. The summed E-state index contributed by atoms with van der Waals surface area (Å²) < 4.78 is 43.8. The van der Waals surface area contributed by atoms with Gasteiger partial charge in [0.2, 0.25) is 0 Å². The van der Waals surface area contributed by atoms with Gasteiger partial charge in [-0.2, -0.15) is 18.4 Å². The third kappa shape index (κ3) is 4.36. The van der Waals surface area contributed by atoms with Gasteiger partial charge >= 0.3 is 6.18 Å². The van der Waals surface area contributed by atoms with Crippen LogP contribution in [0.5, 0.6) is 5.75 Å². The third-order valence-electron chi connectivity index (χ3n) is 3.61. The van der Waals surface area contributed by atoms with Crippen molar-refractivity contribution in [2.24, 2.45) is 5.92 Å². The predicted octanol–water partition coefficient (Wildman–Crippen LogP) is 3.35. The summed E-state index contributed by atoms with van der Waals surface area (Å²) in [7, 11) is 0. The highest BCUT2D eigenvalue weighted by Crippen LogP contribution is 2.34. The fourth-order valence-electron chi connectivity index (χ4n) is 2.46. The number of nitrogens with zero attached hydrogens (tertiary/aromatic N) is 1. The number of halogens is 3. The molecule has 0 aromatic heterocycles. The van der Waals surface area contributed by atoms with Crippen molar-refractivity contribution < 1.29 is 17.9 Å². The molecule has 0 aliphatic carbocycles. The molecule has 1 aromatic carbocycles. The molecule has 1 unspecified atom stereocenters. The minimum absolute atomic E-state index is 0.157. The second-order valence-electron chi connectivity index (χ2n) is 5.17. The number of hydrogen-bond acceptors (Lipinski definition) is 3. The molecule has 1 atom stereocenters. The van der Waals surface area contributed by atoms with E-state index >= 15 is 0 Å². The number of piperidine rings is 1. The first-order valence-corrected chi connectivity index (χ1v) is 6.95. The zero-order chi connectivity index (χ0) is 15.3. The molecule has 1 heterocycles. The van der Waals surface area contributed by atoms with Crippen LogP contribution in [0, 0.1) is 17.2 Å². The zero-order valence-corrected chi connectivity index (χ0v) is 11.5. The Kier molecular flexibility index (Phi) is 5.07. The van der Waals surface area contributed by atoms with Gasteiger partial charge in [0.05, 0.1) is 23.8 Å². The monoisotopic (exact) mass is 298 g/mol. The van der Waals surface area contributed by atoms with Gasteiger partial charge in [-0.15, -0.1) is 0 Å². The van der Waals surface area contributed by atoms with Crippen molar-refractivity contribution in [1.29, 1.82) is 5.26 Å². The Labute approximate surface area is 121 Å². The van der Waals surface area contributed by atoms with Crippen LogP contribution in [0.1, 0.15) is 30.4 Å². The summed E-state index contributed by atoms with van der Waals surface area (Å²) >= 11 is 0. The first-order chi connectivity index (χ1) is 10.0. The second-order valence-corrected chi connectivity index (χ2v) is 5.17. The van der Waals surface area contributed by atoms with E-state index in [9.17, 15) is 13.2 Å². The van der Waals surface area contributed by atoms with Crippen LogP contribution in [0.25, 0.3) is 0 Å². The van der Waals surface area contributed by atoms with E-state index in [0.717, 1.165) is 44.5 Å². The van der Waals surface area contributed by atoms with Crippen molar-refractivity contribution in [2.45, 2.75) is 25.4 Å². The quantitative estimate of drug-likeness (QED) is 0.927. The fourth-order valence-corrected chi connectivity index (χ4v) is 2.46. The van der Waals surface area contributed by atoms with Crippen LogP contribution in [0.4, 0.5) is 13.2 Å². The summed E-state index contributed by atoms with van der Waals surface area (Å²) in [6, 6.07) is 5.02. The Balaban J connectivity index is 1.96. The molecule has 0 bridgehead atoms. The molecule has 21 heavy (non-hydrogen) atoms. The summed E-state index contributed by atoms with van der Waals surface area (Å²) in [5.74, 6) is 0.671. The van der Waals surface area contributed by atoms with E-state index in [1.54, 1.807) is 6.07 Å². The summed E-state index contributed by atoms with van der Waals surface area (Å²) in [4.78, 5) is 0. The summed E-state index contributed by atoms with van der Waals surface area (Å²) in [6.07, 6.45) is -1.48. The van der Waals surface area contributed by atoms with Gasteiger partial charge < -0.3 is 10.1 Å². The number of benzene rings is 1. The summed E-state index contributed by atoms with van der Waals surface area (Å²) in [6.45, 7) is 2.35. The molecule has 2 rings (SSSR count). The molecule has 1 aliphatic heterocycles. The van der Waals surface area contributed by atoms with Crippen LogP contribution >= 0.6 is 0 Å². The maximum atomic E-state index is 12.8. The van der Waals surface area contributed by atoms with Crippen molar-refractivity contribution in [2.75, 3.05) is 19.7 Å². The molecule has 0 saturated carbocycles. The number of alkyl halides is 3. The van der Waals surface area contributed by atoms with Gasteiger partial charge in [0, 0.05) is 0 Å². The largest absolute Gasteiger partial charge is 0.494 e.